The first-order valence-corrected chi connectivity index (χ1v) is 15.4. The van der Waals surface area contributed by atoms with Gasteiger partial charge in [-0.2, -0.15) is 5.10 Å². The van der Waals surface area contributed by atoms with E-state index in [0.29, 0.717) is 32.6 Å². The van der Waals surface area contributed by atoms with E-state index >= 15 is 0 Å². The zero-order chi connectivity index (χ0) is 32.0. The minimum absolute atomic E-state index is 0.00570. The normalized spacial score (nSPS) is 20.1. The van der Waals surface area contributed by atoms with Gasteiger partial charge in [-0.05, 0) is 83.4 Å². The van der Waals surface area contributed by atoms with E-state index in [2.05, 4.69) is 29.9 Å². The standard InChI is InChI=1S/C34H45FN6O3/c1-22-13-23(2)41(37-22)19-28-18-39(32(43)44-33(4,5)6)24(3)17-38(28)20-30(42)40-21-34(7,8)31-29(40)15-26(16-36-31)14-25-9-11-27(35)12-10-25/h9-13,15-16,24,28H,14,17-21H2,1-8H3/t24-,28-/m1/s1. The van der Waals surface area contributed by atoms with E-state index in [4.69, 9.17) is 9.72 Å². The van der Waals surface area contributed by atoms with E-state index in [1.165, 1.54) is 12.1 Å². The molecule has 0 spiro atoms. The Kier molecular flexibility index (Phi) is 8.59. The first kappa shape index (κ1) is 31.6. The molecule has 0 N–H and O–H groups in total. The molecular formula is C34H45FN6O3. The number of aryl methyl sites for hydroxylation is 2. The number of benzene rings is 1. The highest BCUT2D eigenvalue weighted by molar-refractivity contribution is 5.97. The molecule has 3 aromatic rings. The number of hydrogen-bond acceptors (Lipinski definition) is 6. The number of hydrogen-bond donors (Lipinski definition) is 0. The number of piperazine rings is 1. The fourth-order valence-electron chi connectivity index (χ4n) is 6.30. The molecule has 44 heavy (non-hydrogen) atoms. The van der Waals surface area contributed by atoms with Gasteiger partial charge in [0, 0.05) is 49.0 Å². The molecular weight excluding hydrogens is 559 g/mol. The molecule has 0 aliphatic carbocycles. The minimum atomic E-state index is -0.603. The van der Waals surface area contributed by atoms with Crippen molar-refractivity contribution in [3.8, 4) is 0 Å². The summed E-state index contributed by atoms with van der Waals surface area (Å²) in [6.45, 7) is 18.0. The molecule has 1 aromatic carbocycles. The molecule has 236 valence electrons. The summed E-state index contributed by atoms with van der Waals surface area (Å²) in [7, 11) is 0. The van der Waals surface area contributed by atoms with Crippen molar-refractivity contribution in [2.75, 3.05) is 31.1 Å². The Hall–Kier alpha value is -3.79. The highest BCUT2D eigenvalue weighted by Gasteiger charge is 2.42. The molecule has 2 aromatic heterocycles. The second-order valence-electron chi connectivity index (χ2n) is 14.1. The highest BCUT2D eigenvalue weighted by Crippen LogP contribution is 2.40. The second kappa shape index (κ2) is 12.0. The van der Waals surface area contributed by atoms with Gasteiger partial charge < -0.3 is 14.5 Å². The van der Waals surface area contributed by atoms with Crippen molar-refractivity contribution in [3.05, 3.63) is 76.6 Å². The van der Waals surface area contributed by atoms with Gasteiger partial charge in [-0.1, -0.05) is 26.0 Å². The Morgan fingerprint density at radius 3 is 2.41 bits per heavy atom. The summed E-state index contributed by atoms with van der Waals surface area (Å²) in [6, 6.07) is 10.3. The molecule has 0 bridgehead atoms. The average Bonchev–Trinajstić information content (AvgIpc) is 3.38. The topological polar surface area (TPSA) is 83.8 Å². The zero-order valence-corrected chi connectivity index (χ0v) is 27.2. The fraction of sp³-hybridized carbons (Fsp3) is 0.529. The molecule has 2 atom stereocenters. The number of pyridine rings is 1. The van der Waals surface area contributed by atoms with E-state index < -0.39 is 5.60 Å². The van der Waals surface area contributed by atoms with Crippen molar-refractivity contribution in [2.45, 2.75) is 91.5 Å². The van der Waals surface area contributed by atoms with Crippen molar-refractivity contribution in [2.24, 2.45) is 0 Å². The molecule has 2 aliphatic rings. The Morgan fingerprint density at radius 2 is 1.77 bits per heavy atom. The summed E-state index contributed by atoms with van der Waals surface area (Å²) in [5.74, 6) is -0.273. The SMILES string of the molecule is Cc1cc(C)n(C[C@H]2CN(C(=O)OC(C)(C)C)[C@H](C)CN2CC(=O)N2CC(C)(C)c3ncc(Cc4ccc(F)cc4)cc32)n1. The van der Waals surface area contributed by atoms with Crippen LogP contribution in [0, 0.1) is 19.7 Å². The van der Waals surface area contributed by atoms with Crippen molar-refractivity contribution in [3.63, 3.8) is 0 Å². The predicted octanol–water partition coefficient (Wildman–Crippen LogP) is 5.26. The van der Waals surface area contributed by atoms with Crippen LogP contribution in [-0.2, 0) is 27.9 Å². The number of halogens is 1. The van der Waals surface area contributed by atoms with E-state index in [0.717, 1.165) is 33.9 Å². The van der Waals surface area contributed by atoms with Gasteiger partial charge in [0.15, 0.2) is 0 Å². The quantitative estimate of drug-likeness (QED) is 0.382. The largest absolute Gasteiger partial charge is 0.444 e. The average molecular weight is 605 g/mol. The van der Waals surface area contributed by atoms with Crippen LogP contribution in [0.25, 0.3) is 0 Å². The van der Waals surface area contributed by atoms with Crippen molar-refractivity contribution in [1.82, 2.24) is 24.6 Å². The van der Waals surface area contributed by atoms with Crippen LogP contribution in [-0.4, -0.2) is 80.4 Å². The number of fused-ring (bicyclic) bond motifs is 1. The van der Waals surface area contributed by atoms with Crippen LogP contribution < -0.4 is 4.90 Å². The first-order chi connectivity index (χ1) is 20.6. The summed E-state index contributed by atoms with van der Waals surface area (Å²) >= 11 is 0. The van der Waals surface area contributed by atoms with Gasteiger partial charge in [-0.3, -0.25) is 19.4 Å². The number of anilines is 1. The lowest BCUT2D eigenvalue weighted by atomic mass is 9.91. The molecule has 10 heteroatoms. The summed E-state index contributed by atoms with van der Waals surface area (Å²) in [5.41, 5.74) is 4.73. The minimum Gasteiger partial charge on any atom is -0.444 e. The number of rotatable bonds is 6. The number of carbonyl (C=O) groups excluding carboxylic acids is 2. The van der Waals surface area contributed by atoms with Crippen LogP contribution in [0.3, 0.4) is 0 Å². The maximum Gasteiger partial charge on any atom is 0.410 e. The molecule has 0 unspecified atom stereocenters. The zero-order valence-electron chi connectivity index (χ0n) is 27.2. The van der Waals surface area contributed by atoms with Gasteiger partial charge in [0.05, 0.1) is 30.2 Å². The highest BCUT2D eigenvalue weighted by atomic mass is 19.1. The van der Waals surface area contributed by atoms with E-state index in [9.17, 15) is 14.0 Å². The predicted molar refractivity (Wildman–Crippen MR) is 168 cm³/mol. The molecule has 5 rings (SSSR count). The maximum absolute atomic E-state index is 14.1. The van der Waals surface area contributed by atoms with E-state index in [1.807, 2.05) is 63.4 Å². The summed E-state index contributed by atoms with van der Waals surface area (Å²) in [5, 5.41) is 4.67. The van der Waals surface area contributed by atoms with Crippen LogP contribution in [0.2, 0.25) is 0 Å². The fourth-order valence-corrected chi connectivity index (χ4v) is 6.30. The van der Waals surface area contributed by atoms with E-state index in [-0.39, 0.29) is 41.9 Å². The van der Waals surface area contributed by atoms with Crippen molar-refractivity contribution >= 4 is 17.7 Å². The van der Waals surface area contributed by atoms with Crippen LogP contribution in [0.5, 0.6) is 0 Å². The summed E-state index contributed by atoms with van der Waals surface area (Å²) in [4.78, 5) is 38.0. The van der Waals surface area contributed by atoms with Crippen LogP contribution >= 0.6 is 0 Å². The molecule has 0 radical (unpaired) electrons. The van der Waals surface area contributed by atoms with Gasteiger partial charge in [-0.15, -0.1) is 0 Å². The number of nitrogens with zero attached hydrogens (tertiary/aromatic N) is 6. The molecule has 0 saturated carbocycles. The van der Waals surface area contributed by atoms with Crippen LogP contribution in [0.1, 0.15) is 69.8 Å². The second-order valence-corrected chi connectivity index (χ2v) is 14.1. The van der Waals surface area contributed by atoms with E-state index in [1.54, 1.807) is 17.0 Å². The van der Waals surface area contributed by atoms with Gasteiger partial charge in [0.2, 0.25) is 5.91 Å². The number of carbonyl (C=O) groups is 2. The monoisotopic (exact) mass is 604 g/mol. The Morgan fingerprint density at radius 1 is 1.07 bits per heavy atom. The molecule has 2 aliphatic heterocycles. The third-order valence-corrected chi connectivity index (χ3v) is 8.44. The summed E-state index contributed by atoms with van der Waals surface area (Å²) in [6.07, 6.45) is 2.11. The molecule has 9 nitrogen and oxygen atoms in total. The Labute approximate surface area is 260 Å². The number of amides is 2. The van der Waals surface area contributed by atoms with Crippen LogP contribution in [0.4, 0.5) is 14.9 Å². The third-order valence-electron chi connectivity index (χ3n) is 8.44. The molecule has 4 heterocycles. The van der Waals surface area contributed by atoms with Crippen LogP contribution in [0.15, 0.2) is 42.6 Å². The van der Waals surface area contributed by atoms with Crippen molar-refractivity contribution < 1.29 is 18.7 Å². The number of ether oxygens (including phenoxy) is 1. The lowest BCUT2D eigenvalue weighted by Crippen LogP contribution is -2.62. The van der Waals surface area contributed by atoms with Crippen molar-refractivity contribution in [1.29, 1.82) is 0 Å². The number of aromatic nitrogens is 3. The Bertz CT molecular complexity index is 1530. The van der Waals surface area contributed by atoms with Gasteiger partial charge in [0.25, 0.3) is 0 Å². The smallest absolute Gasteiger partial charge is 0.410 e. The first-order valence-electron chi connectivity index (χ1n) is 15.4. The third kappa shape index (κ3) is 6.96. The molecule has 2 amide bonds. The van der Waals surface area contributed by atoms with Gasteiger partial charge in [-0.25, -0.2) is 9.18 Å². The van der Waals surface area contributed by atoms with Gasteiger partial charge in [0.1, 0.15) is 11.4 Å². The summed E-state index contributed by atoms with van der Waals surface area (Å²) < 4.78 is 21.2. The Balaban J connectivity index is 1.38. The lowest BCUT2D eigenvalue weighted by molar-refractivity contribution is -0.121. The molecule has 1 fully saturated rings. The lowest BCUT2D eigenvalue weighted by Gasteiger charge is -2.45. The van der Waals surface area contributed by atoms with Gasteiger partial charge >= 0.3 is 6.09 Å². The molecule has 1 saturated heterocycles. The maximum atomic E-state index is 14.1.